The second-order valence-corrected chi connectivity index (χ2v) is 5.70. The van der Waals surface area contributed by atoms with Gasteiger partial charge in [-0.25, -0.2) is 0 Å². The van der Waals surface area contributed by atoms with Crippen molar-refractivity contribution < 1.29 is 4.74 Å². The van der Waals surface area contributed by atoms with Gasteiger partial charge in [0.15, 0.2) is 0 Å². The molecule has 0 radical (unpaired) electrons. The van der Waals surface area contributed by atoms with E-state index in [9.17, 15) is 0 Å². The standard InChI is InChI=1S/C15H27NOS/c1-4-5-6-7-8-9-10-13(16-2)15-14(17-3)11-12-18-15/h11-13,16H,4-10H2,1-3H3. The first kappa shape index (κ1) is 15.5. The Labute approximate surface area is 116 Å². The second-order valence-electron chi connectivity index (χ2n) is 4.75. The van der Waals surface area contributed by atoms with Crippen LogP contribution < -0.4 is 10.1 Å². The van der Waals surface area contributed by atoms with Crippen molar-refractivity contribution >= 4 is 11.3 Å². The number of hydrogen-bond donors (Lipinski definition) is 1. The van der Waals surface area contributed by atoms with Crippen LogP contribution in [0.1, 0.15) is 62.8 Å². The van der Waals surface area contributed by atoms with Crippen LogP contribution in [-0.2, 0) is 0 Å². The average molecular weight is 269 g/mol. The van der Waals surface area contributed by atoms with Gasteiger partial charge in [0, 0.05) is 6.04 Å². The van der Waals surface area contributed by atoms with Crippen LogP contribution in [0.25, 0.3) is 0 Å². The Hall–Kier alpha value is -0.540. The molecule has 1 unspecified atom stereocenters. The van der Waals surface area contributed by atoms with Gasteiger partial charge in [0.1, 0.15) is 5.75 Å². The van der Waals surface area contributed by atoms with Crippen molar-refractivity contribution in [3.05, 3.63) is 16.3 Å². The Morgan fingerprint density at radius 3 is 2.61 bits per heavy atom. The second kappa shape index (κ2) is 9.40. The normalized spacial score (nSPS) is 12.6. The molecule has 2 nitrogen and oxygen atoms in total. The van der Waals surface area contributed by atoms with Crippen molar-refractivity contribution in [1.29, 1.82) is 0 Å². The van der Waals surface area contributed by atoms with Crippen LogP contribution in [0.3, 0.4) is 0 Å². The van der Waals surface area contributed by atoms with Crippen LogP contribution in [-0.4, -0.2) is 14.2 Å². The molecule has 1 aromatic rings. The molecule has 0 aliphatic rings. The highest BCUT2D eigenvalue weighted by molar-refractivity contribution is 7.10. The molecule has 1 atom stereocenters. The smallest absolute Gasteiger partial charge is 0.134 e. The summed E-state index contributed by atoms with van der Waals surface area (Å²) in [6, 6.07) is 2.51. The van der Waals surface area contributed by atoms with Crippen molar-refractivity contribution in [2.45, 2.75) is 57.9 Å². The molecule has 104 valence electrons. The molecule has 3 heteroatoms. The number of ether oxygens (including phenoxy) is 1. The van der Waals surface area contributed by atoms with Gasteiger partial charge in [-0.1, -0.05) is 45.4 Å². The molecule has 0 bridgehead atoms. The van der Waals surface area contributed by atoms with Gasteiger partial charge in [-0.2, -0.15) is 0 Å². The molecule has 0 aliphatic heterocycles. The van der Waals surface area contributed by atoms with Crippen LogP contribution in [0.4, 0.5) is 0 Å². The highest BCUT2D eigenvalue weighted by Crippen LogP contribution is 2.33. The van der Waals surface area contributed by atoms with Crippen LogP contribution in [0.5, 0.6) is 5.75 Å². The lowest BCUT2D eigenvalue weighted by Crippen LogP contribution is -2.15. The van der Waals surface area contributed by atoms with E-state index in [0.717, 1.165) is 5.75 Å². The van der Waals surface area contributed by atoms with Gasteiger partial charge < -0.3 is 10.1 Å². The molecule has 18 heavy (non-hydrogen) atoms. The fourth-order valence-corrected chi connectivity index (χ4v) is 3.27. The Bertz CT molecular complexity index is 311. The molecule has 0 saturated carbocycles. The molecule has 0 saturated heterocycles. The lowest BCUT2D eigenvalue weighted by molar-refractivity contribution is 0.401. The molecule has 1 aromatic heterocycles. The van der Waals surface area contributed by atoms with Crippen molar-refractivity contribution in [2.24, 2.45) is 0 Å². The molecule has 0 spiro atoms. The summed E-state index contributed by atoms with van der Waals surface area (Å²) in [5, 5.41) is 5.52. The first-order chi connectivity index (χ1) is 8.83. The number of thiophene rings is 1. The van der Waals surface area contributed by atoms with Crippen molar-refractivity contribution in [3.63, 3.8) is 0 Å². The Morgan fingerprint density at radius 1 is 1.22 bits per heavy atom. The van der Waals surface area contributed by atoms with Crippen LogP contribution in [0.15, 0.2) is 11.4 Å². The van der Waals surface area contributed by atoms with Gasteiger partial charge >= 0.3 is 0 Å². The topological polar surface area (TPSA) is 21.3 Å². The monoisotopic (exact) mass is 269 g/mol. The van der Waals surface area contributed by atoms with E-state index in [1.54, 1.807) is 18.4 Å². The molecule has 0 aromatic carbocycles. The van der Waals surface area contributed by atoms with Gasteiger partial charge in [0.25, 0.3) is 0 Å². The molecular formula is C15H27NOS. The quantitative estimate of drug-likeness (QED) is 0.618. The van der Waals surface area contributed by atoms with Crippen molar-refractivity contribution in [1.82, 2.24) is 5.32 Å². The van der Waals surface area contributed by atoms with Gasteiger partial charge in [-0.3, -0.25) is 0 Å². The van der Waals surface area contributed by atoms with E-state index in [1.165, 1.54) is 49.8 Å². The summed E-state index contributed by atoms with van der Waals surface area (Å²) < 4.78 is 5.40. The van der Waals surface area contributed by atoms with Gasteiger partial charge in [0.2, 0.25) is 0 Å². The number of methoxy groups -OCH3 is 1. The highest BCUT2D eigenvalue weighted by atomic mass is 32.1. The Morgan fingerprint density at radius 2 is 1.94 bits per heavy atom. The van der Waals surface area contributed by atoms with Crippen LogP contribution in [0, 0.1) is 0 Å². The number of rotatable bonds is 10. The van der Waals surface area contributed by atoms with Gasteiger partial charge in [-0.15, -0.1) is 11.3 Å². The predicted molar refractivity (Wildman–Crippen MR) is 80.7 cm³/mol. The van der Waals surface area contributed by atoms with Crippen LogP contribution >= 0.6 is 11.3 Å². The van der Waals surface area contributed by atoms with E-state index in [0.29, 0.717) is 6.04 Å². The maximum atomic E-state index is 5.40. The lowest BCUT2D eigenvalue weighted by Gasteiger charge is -2.16. The summed E-state index contributed by atoms with van der Waals surface area (Å²) in [6.45, 7) is 2.26. The molecule has 0 fully saturated rings. The van der Waals surface area contributed by atoms with E-state index in [1.807, 2.05) is 7.05 Å². The maximum Gasteiger partial charge on any atom is 0.134 e. The van der Waals surface area contributed by atoms with E-state index >= 15 is 0 Å². The maximum absolute atomic E-state index is 5.40. The summed E-state index contributed by atoms with van der Waals surface area (Å²) in [5.74, 6) is 1.03. The SMILES string of the molecule is CCCCCCCCC(NC)c1sccc1OC. The number of nitrogens with one attached hydrogen (secondary N) is 1. The minimum absolute atomic E-state index is 0.450. The van der Waals surface area contributed by atoms with E-state index in [4.69, 9.17) is 4.74 Å². The average Bonchev–Trinajstić information content (AvgIpc) is 2.86. The molecule has 0 aliphatic carbocycles. The molecule has 1 rings (SSSR count). The van der Waals surface area contributed by atoms with Crippen molar-refractivity contribution in [2.75, 3.05) is 14.2 Å². The Balaban J connectivity index is 2.29. The van der Waals surface area contributed by atoms with Crippen LogP contribution in [0.2, 0.25) is 0 Å². The first-order valence-corrected chi connectivity index (χ1v) is 8.00. The number of hydrogen-bond acceptors (Lipinski definition) is 3. The largest absolute Gasteiger partial charge is 0.496 e. The third-order valence-electron chi connectivity index (χ3n) is 3.39. The lowest BCUT2D eigenvalue weighted by atomic mass is 10.0. The molecule has 0 amide bonds. The molecule has 1 N–H and O–H groups in total. The van der Waals surface area contributed by atoms with Gasteiger partial charge in [0.05, 0.1) is 12.0 Å². The van der Waals surface area contributed by atoms with Crippen molar-refractivity contribution in [3.8, 4) is 5.75 Å². The summed E-state index contributed by atoms with van der Waals surface area (Å²) in [6.07, 6.45) is 9.34. The molecular weight excluding hydrogens is 242 g/mol. The summed E-state index contributed by atoms with van der Waals surface area (Å²) in [7, 11) is 3.80. The zero-order valence-corrected chi connectivity index (χ0v) is 12.8. The Kier molecular flexibility index (Phi) is 8.10. The summed E-state index contributed by atoms with van der Waals surface area (Å²) >= 11 is 1.79. The first-order valence-electron chi connectivity index (χ1n) is 7.12. The fourth-order valence-electron chi connectivity index (χ4n) is 2.27. The van der Waals surface area contributed by atoms with E-state index in [2.05, 4.69) is 23.7 Å². The number of unbranched alkanes of at least 4 members (excludes halogenated alkanes) is 5. The predicted octanol–water partition coefficient (Wildman–Crippen LogP) is 4.77. The van der Waals surface area contributed by atoms with E-state index < -0.39 is 0 Å². The minimum Gasteiger partial charge on any atom is -0.496 e. The highest BCUT2D eigenvalue weighted by Gasteiger charge is 2.15. The molecule has 1 heterocycles. The third kappa shape index (κ3) is 4.99. The zero-order valence-electron chi connectivity index (χ0n) is 12.0. The van der Waals surface area contributed by atoms with Gasteiger partial charge in [-0.05, 0) is 24.9 Å². The third-order valence-corrected chi connectivity index (χ3v) is 4.40. The zero-order chi connectivity index (χ0) is 13.2. The summed E-state index contributed by atoms with van der Waals surface area (Å²) in [4.78, 5) is 1.34. The fraction of sp³-hybridized carbons (Fsp3) is 0.733. The summed E-state index contributed by atoms with van der Waals surface area (Å²) in [5.41, 5.74) is 0. The minimum atomic E-state index is 0.450. The van der Waals surface area contributed by atoms with E-state index in [-0.39, 0.29) is 0 Å².